The second kappa shape index (κ2) is 5.13. The Labute approximate surface area is 99.8 Å². The van der Waals surface area contributed by atoms with Crippen LogP contribution in [0.1, 0.15) is 24.8 Å². The molecule has 17 heavy (non-hydrogen) atoms. The van der Waals surface area contributed by atoms with Gasteiger partial charge >= 0.3 is 5.97 Å². The fourth-order valence-corrected chi connectivity index (χ4v) is 2.45. The van der Waals surface area contributed by atoms with E-state index in [1.165, 1.54) is 12.1 Å². The molecular weight excluding hydrogens is 219 g/mol. The first-order chi connectivity index (χ1) is 8.16. The molecule has 3 heteroatoms. The predicted molar refractivity (Wildman–Crippen MR) is 63.2 cm³/mol. The first-order valence-electron chi connectivity index (χ1n) is 5.83. The zero-order valence-electron chi connectivity index (χ0n) is 9.53. The molecule has 1 aromatic rings. The fraction of sp³-hybridized carbons (Fsp3) is 0.357. The smallest absolute Gasteiger partial charge is 0.328 e. The molecule has 0 spiro atoms. The van der Waals surface area contributed by atoms with E-state index in [1.54, 1.807) is 12.1 Å². The van der Waals surface area contributed by atoms with Gasteiger partial charge in [0.15, 0.2) is 0 Å². The molecule has 0 bridgehead atoms. The molecule has 0 saturated heterocycles. The third kappa shape index (κ3) is 2.93. The van der Waals surface area contributed by atoms with Gasteiger partial charge in [0.25, 0.3) is 0 Å². The lowest BCUT2D eigenvalue weighted by Crippen LogP contribution is -2.05. The summed E-state index contributed by atoms with van der Waals surface area (Å²) < 4.78 is 13.5. The van der Waals surface area contributed by atoms with E-state index in [-0.39, 0.29) is 11.7 Å². The molecule has 0 radical (unpaired) electrons. The summed E-state index contributed by atoms with van der Waals surface area (Å²) in [5.41, 5.74) is 1.62. The minimum Gasteiger partial charge on any atom is -0.478 e. The molecule has 0 aliphatic heterocycles. The highest BCUT2D eigenvalue weighted by atomic mass is 19.1. The molecule has 1 aliphatic rings. The highest BCUT2D eigenvalue weighted by molar-refractivity contribution is 5.80. The van der Waals surface area contributed by atoms with Crippen LogP contribution in [0, 0.1) is 11.7 Å². The summed E-state index contributed by atoms with van der Waals surface area (Å²) in [6.07, 6.45) is 4.67. The minimum atomic E-state index is -0.902. The molecule has 90 valence electrons. The van der Waals surface area contributed by atoms with Crippen molar-refractivity contribution in [3.8, 4) is 0 Å². The van der Waals surface area contributed by atoms with Crippen molar-refractivity contribution in [1.29, 1.82) is 0 Å². The van der Waals surface area contributed by atoms with E-state index in [2.05, 4.69) is 0 Å². The average molecular weight is 234 g/mol. The largest absolute Gasteiger partial charge is 0.478 e. The number of carbonyl (C=O) groups is 1. The Morgan fingerprint density at radius 2 is 2.24 bits per heavy atom. The second-order valence-electron chi connectivity index (χ2n) is 4.44. The molecule has 1 unspecified atom stereocenters. The Hall–Kier alpha value is -1.64. The monoisotopic (exact) mass is 234 g/mol. The van der Waals surface area contributed by atoms with Gasteiger partial charge in [-0.15, -0.1) is 0 Å². The molecule has 1 N–H and O–H groups in total. The number of allylic oxidation sites excluding steroid dienone is 1. The van der Waals surface area contributed by atoms with Crippen molar-refractivity contribution < 1.29 is 14.3 Å². The molecule has 1 fully saturated rings. The summed E-state index contributed by atoms with van der Waals surface area (Å²) in [6, 6.07) is 6.70. The summed E-state index contributed by atoms with van der Waals surface area (Å²) in [5.74, 6) is -0.919. The maximum absolute atomic E-state index is 13.5. The number of aliphatic carboxylic acids is 1. The van der Waals surface area contributed by atoms with Crippen molar-refractivity contribution >= 4 is 5.97 Å². The van der Waals surface area contributed by atoms with Crippen molar-refractivity contribution in [2.24, 2.45) is 5.92 Å². The second-order valence-corrected chi connectivity index (χ2v) is 4.44. The maximum atomic E-state index is 13.5. The van der Waals surface area contributed by atoms with Crippen LogP contribution in [0.2, 0.25) is 0 Å². The van der Waals surface area contributed by atoms with Gasteiger partial charge < -0.3 is 5.11 Å². The Balaban J connectivity index is 2.13. The molecule has 0 aromatic heterocycles. The van der Waals surface area contributed by atoms with Crippen molar-refractivity contribution in [3.05, 3.63) is 47.3 Å². The molecule has 1 atom stereocenters. The highest BCUT2D eigenvalue weighted by Crippen LogP contribution is 2.33. The van der Waals surface area contributed by atoms with Gasteiger partial charge in [-0.05, 0) is 43.2 Å². The van der Waals surface area contributed by atoms with Crippen molar-refractivity contribution in [1.82, 2.24) is 0 Å². The summed E-state index contributed by atoms with van der Waals surface area (Å²) in [5, 5.41) is 8.76. The normalized spacial score (nSPS) is 21.9. The van der Waals surface area contributed by atoms with Gasteiger partial charge in [-0.2, -0.15) is 0 Å². The number of hydrogen-bond donors (Lipinski definition) is 1. The van der Waals surface area contributed by atoms with Gasteiger partial charge in [0.1, 0.15) is 5.82 Å². The first kappa shape index (κ1) is 11.8. The van der Waals surface area contributed by atoms with Crippen LogP contribution in [0.3, 0.4) is 0 Å². The third-order valence-electron chi connectivity index (χ3n) is 3.28. The Morgan fingerprint density at radius 3 is 2.94 bits per heavy atom. The summed E-state index contributed by atoms with van der Waals surface area (Å²) in [4.78, 5) is 10.7. The van der Waals surface area contributed by atoms with Crippen LogP contribution in [-0.2, 0) is 11.2 Å². The van der Waals surface area contributed by atoms with Gasteiger partial charge in [0.05, 0.1) is 0 Å². The van der Waals surface area contributed by atoms with Crippen LogP contribution in [0.15, 0.2) is 35.9 Å². The van der Waals surface area contributed by atoms with Crippen LogP contribution in [0.4, 0.5) is 4.39 Å². The molecule has 1 aromatic carbocycles. The van der Waals surface area contributed by atoms with Crippen molar-refractivity contribution in [3.63, 3.8) is 0 Å². The fourth-order valence-electron chi connectivity index (χ4n) is 2.45. The topological polar surface area (TPSA) is 37.3 Å². The van der Waals surface area contributed by atoms with Crippen molar-refractivity contribution in [2.45, 2.75) is 25.7 Å². The Bertz CT molecular complexity index is 451. The molecule has 2 nitrogen and oxygen atoms in total. The van der Waals surface area contributed by atoms with Crippen LogP contribution in [0.25, 0.3) is 0 Å². The van der Waals surface area contributed by atoms with E-state index < -0.39 is 5.97 Å². The zero-order valence-corrected chi connectivity index (χ0v) is 9.53. The number of carboxylic acids is 1. The summed E-state index contributed by atoms with van der Waals surface area (Å²) in [7, 11) is 0. The lowest BCUT2D eigenvalue weighted by atomic mass is 9.94. The summed E-state index contributed by atoms with van der Waals surface area (Å²) in [6.45, 7) is 0. The van der Waals surface area contributed by atoms with E-state index in [0.717, 1.165) is 24.8 Å². The van der Waals surface area contributed by atoms with Gasteiger partial charge in [0.2, 0.25) is 0 Å². The van der Waals surface area contributed by atoms with Crippen LogP contribution < -0.4 is 0 Å². The standard InChI is InChI=1S/C14H15FO2/c15-13-7-2-1-4-12(13)8-10-5-3-6-11(10)9-14(16)17/h1-2,4,7,9-10H,3,5-6,8H2,(H,16,17)/b11-9+. The van der Waals surface area contributed by atoms with Gasteiger partial charge in [-0.3, -0.25) is 0 Å². The SMILES string of the molecule is O=C(O)/C=C1\CCCC1Cc1ccccc1F. The van der Waals surface area contributed by atoms with E-state index in [9.17, 15) is 9.18 Å². The molecule has 0 heterocycles. The number of halogens is 1. The van der Waals surface area contributed by atoms with Gasteiger partial charge in [0, 0.05) is 6.08 Å². The number of hydrogen-bond acceptors (Lipinski definition) is 1. The summed E-state index contributed by atoms with van der Waals surface area (Å²) >= 11 is 0. The highest BCUT2D eigenvalue weighted by Gasteiger charge is 2.22. The first-order valence-corrected chi connectivity index (χ1v) is 5.83. The quantitative estimate of drug-likeness (QED) is 0.815. The van der Waals surface area contributed by atoms with Crippen LogP contribution in [0.5, 0.6) is 0 Å². The zero-order chi connectivity index (χ0) is 12.3. The van der Waals surface area contributed by atoms with Crippen LogP contribution in [-0.4, -0.2) is 11.1 Å². The number of rotatable bonds is 3. The minimum absolute atomic E-state index is 0.183. The number of carboxylic acid groups (broad SMARTS) is 1. The third-order valence-corrected chi connectivity index (χ3v) is 3.28. The van der Waals surface area contributed by atoms with Gasteiger partial charge in [-0.1, -0.05) is 23.8 Å². The Kier molecular flexibility index (Phi) is 3.57. The molecular formula is C14H15FO2. The maximum Gasteiger partial charge on any atom is 0.328 e. The lowest BCUT2D eigenvalue weighted by molar-refractivity contribution is -0.131. The van der Waals surface area contributed by atoms with E-state index in [0.29, 0.717) is 12.0 Å². The molecule has 1 aliphatic carbocycles. The predicted octanol–water partition coefficient (Wildman–Crippen LogP) is 3.18. The van der Waals surface area contributed by atoms with Gasteiger partial charge in [-0.25, -0.2) is 9.18 Å². The van der Waals surface area contributed by atoms with Crippen molar-refractivity contribution in [2.75, 3.05) is 0 Å². The molecule has 1 saturated carbocycles. The van der Waals surface area contributed by atoms with E-state index >= 15 is 0 Å². The molecule has 0 amide bonds. The number of benzene rings is 1. The van der Waals surface area contributed by atoms with E-state index in [1.807, 2.05) is 6.07 Å². The van der Waals surface area contributed by atoms with Crippen LogP contribution >= 0.6 is 0 Å². The lowest BCUT2D eigenvalue weighted by Gasteiger charge is -2.12. The van der Waals surface area contributed by atoms with E-state index in [4.69, 9.17) is 5.11 Å². The Morgan fingerprint density at radius 1 is 1.47 bits per heavy atom. The molecule has 2 rings (SSSR count). The average Bonchev–Trinajstić information content (AvgIpc) is 2.68.